The average molecular weight is 1140 g/mol. The second kappa shape index (κ2) is 19.1. The number of terminal acetylenes is 1. The number of benzene rings is 1. The van der Waals surface area contributed by atoms with Crippen molar-refractivity contribution < 1.29 is 33.9 Å². The molecule has 12 atom stereocenters. The van der Waals surface area contributed by atoms with Crippen LogP contribution in [-0.4, -0.2) is 128 Å². The monoisotopic (exact) mass is 1140 g/mol. The first-order valence-corrected chi connectivity index (χ1v) is 29.2. The van der Waals surface area contributed by atoms with Crippen LogP contribution < -0.4 is 5.32 Å². The minimum Gasteiger partial charge on any atom is -0.377 e. The smallest absolute Gasteiger partial charge is 0.281 e. The number of halogens is 1. The van der Waals surface area contributed by atoms with Crippen LogP contribution in [0.25, 0.3) is 33.7 Å². The van der Waals surface area contributed by atoms with E-state index in [2.05, 4.69) is 94.2 Å². The number of ether oxygens (including phenoxy) is 1. The lowest BCUT2D eigenvalue weighted by Crippen LogP contribution is -2.71. The fourth-order valence-corrected chi connectivity index (χ4v) is 16.8. The summed E-state index contributed by atoms with van der Waals surface area (Å²) in [5.74, 6) is 1.62. The number of aliphatic hydroxyl groups is 2. The molecule has 19 heteroatoms. The molecular formula is C59H71BrN10O7S. The predicted octanol–water partition coefficient (Wildman–Crippen LogP) is 8.43. The van der Waals surface area contributed by atoms with Gasteiger partial charge in [-0.3, -0.25) is 28.9 Å². The topological polar surface area (TPSA) is 222 Å². The summed E-state index contributed by atoms with van der Waals surface area (Å²) < 4.78 is 13.4. The van der Waals surface area contributed by atoms with Crippen molar-refractivity contribution in [2.75, 3.05) is 20.1 Å². The highest BCUT2D eigenvalue weighted by Crippen LogP contribution is 2.67. The van der Waals surface area contributed by atoms with E-state index in [4.69, 9.17) is 27.9 Å². The van der Waals surface area contributed by atoms with Gasteiger partial charge in [0.1, 0.15) is 23.2 Å². The van der Waals surface area contributed by atoms with Crippen LogP contribution in [0.1, 0.15) is 122 Å². The molecule has 6 N–H and O–H groups in total. The van der Waals surface area contributed by atoms with E-state index < -0.39 is 47.1 Å². The van der Waals surface area contributed by atoms with E-state index in [1.54, 1.807) is 30.6 Å². The third-order valence-electron chi connectivity index (χ3n) is 20.2. The van der Waals surface area contributed by atoms with Crippen molar-refractivity contribution in [3.63, 3.8) is 0 Å². The quantitative estimate of drug-likeness (QED) is 0.0721. The molecule has 5 aliphatic carbocycles. The lowest BCUT2D eigenvalue weighted by atomic mass is 9.46. The molecule has 14 rings (SSSR count). The number of fused-ring (bicyclic) bond motifs is 12. The molecule has 0 unspecified atom stereocenters. The van der Waals surface area contributed by atoms with E-state index in [0.29, 0.717) is 48.3 Å². The number of imidazole rings is 1. The van der Waals surface area contributed by atoms with Crippen molar-refractivity contribution >= 4 is 79.6 Å². The first kappa shape index (κ1) is 53.2. The molecule has 6 fully saturated rings. The van der Waals surface area contributed by atoms with E-state index >= 15 is 0 Å². The molecule has 0 radical (unpaired) electrons. The molecule has 412 valence electrons. The Labute approximate surface area is 467 Å². The molecule has 5 aromatic rings. The molecule has 78 heavy (non-hydrogen) atoms. The maximum Gasteiger partial charge on any atom is 0.281 e. The molecule has 9 aliphatic rings. The van der Waals surface area contributed by atoms with Gasteiger partial charge in [0.15, 0.2) is 16.0 Å². The van der Waals surface area contributed by atoms with Crippen LogP contribution >= 0.6 is 28.1 Å². The van der Waals surface area contributed by atoms with E-state index in [0.717, 1.165) is 89.5 Å². The molecule has 8 heterocycles. The van der Waals surface area contributed by atoms with Gasteiger partial charge in [-0.05, 0) is 152 Å². The number of aromatic amines is 3. The zero-order valence-corrected chi connectivity index (χ0v) is 47.9. The second-order valence-corrected chi connectivity index (χ2v) is 26.1. The number of aromatic nitrogens is 6. The molecular weight excluding hydrogens is 1070 g/mol. The number of likely N-dealkylation sites (N-methyl/N-ethyl adjacent to an activating group) is 1. The summed E-state index contributed by atoms with van der Waals surface area (Å²) in [6.45, 7) is 13.3. The number of nitrogens with one attached hydrogen (secondary N) is 4. The highest BCUT2D eigenvalue weighted by molar-refractivity contribution is 9.10. The first-order valence-electron chi connectivity index (χ1n) is 28.0. The van der Waals surface area contributed by atoms with Gasteiger partial charge in [-0.2, -0.15) is 0 Å². The Morgan fingerprint density at radius 1 is 1.06 bits per heavy atom. The molecule has 3 saturated heterocycles. The van der Waals surface area contributed by atoms with Gasteiger partial charge in [-0.1, -0.05) is 88.6 Å². The number of rotatable bonds is 5. The molecule has 0 spiro atoms. The Bertz CT molecular complexity index is 3430. The summed E-state index contributed by atoms with van der Waals surface area (Å²) >= 11 is 8.60. The molecule has 17 nitrogen and oxygen atoms in total. The third kappa shape index (κ3) is 7.91. The maximum absolute atomic E-state index is 14.4. The SMILES string of the molecule is C#C[C@]1(O)CC[C@H]2[C@@H]3CCC4=Cc5oncc5C[C@]4(C)[C@H]3CC[C@@]21C.CC(C)C[C@H]1C(=O)N2CCC[C@H]2[C@]2(O)O[C@](NC(=O)[C@@H]3C=C4c5cccc6[nH]c(Br)c(c56)C[C@H]4N(C)C3)(C(C)C)C(=O)N12.S=c1nc[nH]c2nc[nH]c12. The molecule has 4 aromatic heterocycles. The molecule has 0 bridgehead atoms. The van der Waals surface area contributed by atoms with E-state index in [1.165, 1.54) is 34.2 Å². The van der Waals surface area contributed by atoms with Crippen LogP contribution in [0.3, 0.4) is 0 Å². The Balaban J connectivity index is 0.000000144. The summed E-state index contributed by atoms with van der Waals surface area (Å²) in [5.41, 5.74) is 6.21. The van der Waals surface area contributed by atoms with Crippen molar-refractivity contribution in [1.82, 2.24) is 50.1 Å². The highest BCUT2D eigenvalue weighted by Gasteiger charge is 2.72. The Kier molecular flexibility index (Phi) is 13.0. The summed E-state index contributed by atoms with van der Waals surface area (Å²) in [6, 6.07) is 4.76. The summed E-state index contributed by atoms with van der Waals surface area (Å²) in [7, 11) is 2.03. The van der Waals surface area contributed by atoms with Gasteiger partial charge in [0.2, 0.25) is 17.5 Å². The Morgan fingerprint density at radius 3 is 2.60 bits per heavy atom. The molecule has 4 aliphatic heterocycles. The van der Waals surface area contributed by atoms with Gasteiger partial charge in [0.05, 0.1) is 29.4 Å². The van der Waals surface area contributed by atoms with Crippen LogP contribution in [0.2, 0.25) is 0 Å². The average Bonchev–Trinajstić information content (AvgIpc) is 4.44. The first-order chi connectivity index (χ1) is 37.2. The largest absolute Gasteiger partial charge is 0.377 e. The van der Waals surface area contributed by atoms with Crippen molar-refractivity contribution in [3.05, 3.63) is 80.4 Å². The van der Waals surface area contributed by atoms with Gasteiger partial charge < -0.3 is 39.9 Å². The zero-order valence-electron chi connectivity index (χ0n) is 45.5. The molecule has 3 amide bonds. The fourth-order valence-electron chi connectivity index (χ4n) is 16.1. The minimum absolute atomic E-state index is 0.104. The fraction of sp³-hybridized carbons (Fsp3) is 0.576. The number of H-pyrrole nitrogens is 3. The Morgan fingerprint density at radius 2 is 1.85 bits per heavy atom. The normalized spacial score (nSPS) is 35.2. The standard InChI is InChI=1S/C32H40BrN5O5.C22H27NO2.C5H4N4S/c1-16(2)12-24-29(40)37-11-7-10-25(37)32(42)38(24)30(41)31(43-32,17(3)4)35-28(39)18-13-20-19-8-6-9-22-26(19)21(27(33)34-22)14-23(20)36(5)15-18;1-4-22(24)10-8-18-16-6-5-15-11-19-14(13-23-25-19)12-20(15,2)17(16)7-9-21(18,22)3;10-5-3-4(7-1-6-3)8-2-9-5/h6,8-9,13,16-18,23-25,34,42H,7,10-12,14-15H2,1-5H3,(H,35,39);1,11,13,16-18,24H,5-10,12H2,2-3H3;1-2H,(H2,6,7,8,9,10)/t18-,23-,24+,25+,31-,32+;16-,17+,18+,20+,21+,22+;/m11./s1. The van der Waals surface area contributed by atoms with E-state index in [1.807, 2.05) is 39.2 Å². The van der Waals surface area contributed by atoms with Crippen LogP contribution in [0.4, 0.5) is 0 Å². The van der Waals surface area contributed by atoms with Crippen LogP contribution in [0, 0.1) is 63.3 Å². The summed E-state index contributed by atoms with van der Waals surface area (Å²) in [5, 5.41) is 31.4. The molecule has 3 saturated carbocycles. The predicted molar refractivity (Wildman–Crippen MR) is 300 cm³/mol. The van der Waals surface area contributed by atoms with Crippen molar-refractivity contribution in [2.24, 2.45) is 46.3 Å². The number of carbonyl (C=O) groups is 3. The van der Waals surface area contributed by atoms with Crippen LogP contribution in [-0.2, 0) is 32.0 Å². The summed E-state index contributed by atoms with van der Waals surface area (Å²) in [6.07, 6.45) is 25.0. The minimum atomic E-state index is -2.01. The number of amides is 3. The van der Waals surface area contributed by atoms with E-state index in [-0.39, 0.29) is 34.6 Å². The number of carbonyl (C=O) groups excluding carboxylic acids is 3. The number of hydrogen-bond donors (Lipinski definition) is 6. The van der Waals surface area contributed by atoms with Gasteiger partial charge in [-0.15, -0.1) is 6.42 Å². The highest BCUT2D eigenvalue weighted by atomic mass is 79.9. The number of allylic oxidation sites excluding steroid dienone is 1. The number of piperazine rings is 1. The number of nitrogens with zero attached hydrogens (tertiary/aromatic N) is 6. The second-order valence-electron chi connectivity index (χ2n) is 24.9. The summed E-state index contributed by atoms with van der Waals surface area (Å²) in [4.78, 5) is 64.4. The number of hydrogen-bond acceptors (Lipinski definition) is 12. The molecule has 1 aromatic carbocycles. The van der Waals surface area contributed by atoms with Crippen LogP contribution in [0.5, 0.6) is 0 Å². The van der Waals surface area contributed by atoms with Gasteiger partial charge in [0.25, 0.3) is 11.8 Å². The van der Waals surface area contributed by atoms with Gasteiger partial charge in [0, 0.05) is 46.9 Å². The van der Waals surface area contributed by atoms with E-state index in [9.17, 15) is 24.6 Å². The van der Waals surface area contributed by atoms with Crippen LogP contribution in [0.15, 0.2) is 57.8 Å². The van der Waals surface area contributed by atoms with Crippen molar-refractivity contribution in [1.29, 1.82) is 0 Å². The van der Waals surface area contributed by atoms with Crippen molar-refractivity contribution in [2.45, 2.75) is 148 Å². The lowest BCUT2D eigenvalue weighted by Gasteiger charge is -2.58. The zero-order chi connectivity index (χ0) is 55.0. The van der Waals surface area contributed by atoms with Gasteiger partial charge in [-0.25, -0.2) is 9.97 Å². The Hall–Kier alpha value is -5.49. The third-order valence-corrected chi connectivity index (χ3v) is 21.1. The maximum atomic E-state index is 14.4. The lowest BCUT2D eigenvalue weighted by molar-refractivity contribution is -0.322. The van der Waals surface area contributed by atoms with Gasteiger partial charge >= 0.3 is 0 Å². The van der Waals surface area contributed by atoms with Crippen molar-refractivity contribution in [3.8, 4) is 12.3 Å².